The van der Waals surface area contributed by atoms with Crippen molar-refractivity contribution in [2.75, 3.05) is 0 Å². The summed E-state index contributed by atoms with van der Waals surface area (Å²) in [4.78, 5) is 13.1. The molecule has 0 bridgehead atoms. The molecular formula is C12H8BrClINOS. The van der Waals surface area contributed by atoms with E-state index >= 15 is 0 Å². The van der Waals surface area contributed by atoms with E-state index in [1.807, 2.05) is 18.2 Å². The van der Waals surface area contributed by atoms with Crippen LogP contribution in [0.5, 0.6) is 0 Å². The quantitative estimate of drug-likeness (QED) is 0.667. The normalized spacial score (nSPS) is 10.4. The third kappa shape index (κ3) is 3.69. The van der Waals surface area contributed by atoms with Crippen LogP contribution in [0.25, 0.3) is 0 Å². The molecule has 0 saturated carbocycles. The van der Waals surface area contributed by atoms with Gasteiger partial charge in [0, 0.05) is 13.5 Å². The SMILES string of the molecule is O=C(NCc1ccc(Br)s1)c1cc(Cl)ccc1I. The highest BCUT2D eigenvalue weighted by atomic mass is 127. The molecule has 18 heavy (non-hydrogen) atoms. The number of thiophene rings is 1. The summed E-state index contributed by atoms with van der Waals surface area (Å²) in [5.41, 5.74) is 0.610. The summed E-state index contributed by atoms with van der Waals surface area (Å²) in [6, 6.07) is 9.24. The average Bonchev–Trinajstić information content (AvgIpc) is 2.75. The molecule has 1 aromatic heterocycles. The first-order chi connectivity index (χ1) is 8.56. The van der Waals surface area contributed by atoms with Crippen molar-refractivity contribution in [3.05, 3.63) is 53.2 Å². The molecule has 1 amide bonds. The highest BCUT2D eigenvalue weighted by Crippen LogP contribution is 2.22. The van der Waals surface area contributed by atoms with E-state index in [4.69, 9.17) is 11.6 Å². The Bertz CT molecular complexity index is 587. The monoisotopic (exact) mass is 455 g/mol. The fourth-order valence-corrected chi connectivity index (χ4v) is 3.56. The van der Waals surface area contributed by atoms with Crippen LogP contribution in [0.15, 0.2) is 34.1 Å². The highest BCUT2D eigenvalue weighted by molar-refractivity contribution is 14.1. The smallest absolute Gasteiger partial charge is 0.252 e. The van der Waals surface area contributed by atoms with Crippen LogP contribution in [-0.4, -0.2) is 5.91 Å². The van der Waals surface area contributed by atoms with E-state index in [9.17, 15) is 4.79 Å². The zero-order chi connectivity index (χ0) is 13.1. The van der Waals surface area contributed by atoms with Crippen LogP contribution in [0.2, 0.25) is 5.02 Å². The Morgan fingerprint density at radius 2 is 2.17 bits per heavy atom. The van der Waals surface area contributed by atoms with Crippen molar-refractivity contribution in [1.82, 2.24) is 5.32 Å². The molecule has 0 aliphatic rings. The first-order valence-corrected chi connectivity index (χ1v) is 8.10. The highest BCUT2D eigenvalue weighted by Gasteiger charge is 2.10. The van der Waals surface area contributed by atoms with Gasteiger partial charge in [0.2, 0.25) is 0 Å². The molecule has 2 rings (SSSR count). The molecular weight excluding hydrogens is 448 g/mol. The van der Waals surface area contributed by atoms with Crippen LogP contribution < -0.4 is 5.32 Å². The molecule has 1 heterocycles. The minimum absolute atomic E-state index is 0.105. The lowest BCUT2D eigenvalue weighted by molar-refractivity contribution is 0.0950. The average molecular weight is 457 g/mol. The van der Waals surface area contributed by atoms with E-state index in [2.05, 4.69) is 43.8 Å². The minimum Gasteiger partial charge on any atom is -0.347 e. The minimum atomic E-state index is -0.105. The van der Waals surface area contributed by atoms with Crippen LogP contribution in [0.1, 0.15) is 15.2 Å². The van der Waals surface area contributed by atoms with Gasteiger partial charge in [0.1, 0.15) is 0 Å². The van der Waals surface area contributed by atoms with Crippen LogP contribution >= 0.6 is 61.5 Å². The van der Waals surface area contributed by atoms with Gasteiger partial charge in [-0.05, 0) is 68.9 Å². The summed E-state index contributed by atoms with van der Waals surface area (Å²) < 4.78 is 1.95. The van der Waals surface area contributed by atoms with Gasteiger partial charge in [0.05, 0.1) is 15.9 Å². The first-order valence-electron chi connectivity index (χ1n) is 5.04. The standard InChI is InChI=1S/C12H8BrClINOS/c13-11-4-2-8(18-11)6-16-12(17)9-5-7(14)1-3-10(9)15/h1-5H,6H2,(H,16,17). The van der Waals surface area contributed by atoms with Crippen molar-refractivity contribution >= 4 is 67.4 Å². The van der Waals surface area contributed by atoms with Crippen molar-refractivity contribution in [3.63, 3.8) is 0 Å². The summed E-state index contributed by atoms with van der Waals surface area (Å²) in [5, 5.41) is 3.45. The number of carbonyl (C=O) groups is 1. The Hall–Kier alpha value is -0.110. The van der Waals surface area contributed by atoms with Gasteiger partial charge in [-0.2, -0.15) is 0 Å². The maximum absolute atomic E-state index is 12.0. The Kier molecular flexibility index (Phi) is 5.06. The van der Waals surface area contributed by atoms with Gasteiger partial charge >= 0.3 is 0 Å². The summed E-state index contributed by atoms with van der Waals surface area (Å²) in [6.45, 7) is 0.525. The van der Waals surface area contributed by atoms with Crippen molar-refractivity contribution in [2.24, 2.45) is 0 Å². The second kappa shape index (κ2) is 6.36. The maximum Gasteiger partial charge on any atom is 0.252 e. The second-order valence-corrected chi connectivity index (χ2v) is 7.66. The molecule has 0 radical (unpaired) electrons. The maximum atomic E-state index is 12.0. The largest absolute Gasteiger partial charge is 0.347 e. The number of rotatable bonds is 3. The summed E-state index contributed by atoms with van der Waals surface area (Å²) in [5.74, 6) is -0.105. The number of carbonyl (C=O) groups excluding carboxylic acids is 1. The van der Waals surface area contributed by atoms with Gasteiger partial charge in [0.15, 0.2) is 0 Å². The number of halogens is 3. The first kappa shape index (κ1) is 14.3. The number of hydrogen-bond acceptors (Lipinski definition) is 2. The molecule has 2 aromatic rings. The molecule has 1 aromatic carbocycles. The van der Waals surface area contributed by atoms with Gasteiger partial charge in [-0.15, -0.1) is 11.3 Å². The molecule has 0 fully saturated rings. The Balaban J connectivity index is 2.05. The molecule has 2 nitrogen and oxygen atoms in total. The summed E-state index contributed by atoms with van der Waals surface area (Å²) in [7, 11) is 0. The van der Waals surface area contributed by atoms with E-state index in [-0.39, 0.29) is 5.91 Å². The second-order valence-electron chi connectivity index (χ2n) is 3.51. The molecule has 0 atom stereocenters. The predicted octanol–water partition coefficient (Wildman–Crippen LogP) is 4.70. The number of benzene rings is 1. The predicted molar refractivity (Wildman–Crippen MR) is 87.4 cm³/mol. The topological polar surface area (TPSA) is 29.1 Å². The molecule has 0 aliphatic heterocycles. The van der Waals surface area contributed by atoms with Gasteiger partial charge in [0.25, 0.3) is 5.91 Å². The molecule has 0 unspecified atom stereocenters. The lowest BCUT2D eigenvalue weighted by Crippen LogP contribution is -2.23. The molecule has 0 saturated heterocycles. The fourth-order valence-electron chi connectivity index (χ4n) is 1.38. The van der Waals surface area contributed by atoms with E-state index in [0.29, 0.717) is 17.1 Å². The van der Waals surface area contributed by atoms with Crippen molar-refractivity contribution in [2.45, 2.75) is 6.54 Å². The third-order valence-electron chi connectivity index (χ3n) is 2.23. The van der Waals surface area contributed by atoms with Gasteiger partial charge in [-0.3, -0.25) is 4.79 Å². The molecule has 6 heteroatoms. The fraction of sp³-hybridized carbons (Fsp3) is 0.0833. The van der Waals surface area contributed by atoms with Crippen molar-refractivity contribution in [3.8, 4) is 0 Å². The van der Waals surface area contributed by atoms with E-state index in [1.165, 1.54) is 0 Å². The Labute approximate surface area is 136 Å². The van der Waals surface area contributed by atoms with Crippen LogP contribution in [0.4, 0.5) is 0 Å². The van der Waals surface area contributed by atoms with Gasteiger partial charge in [-0.1, -0.05) is 11.6 Å². The number of amides is 1. The third-order valence-corrected chi connectivity index (χ3v) is 5.02. The van der Waals surface area contributed by atoms with Crippen molar-refractivity contribution < 1.29 is 4.79 Å². The summed E-state index contributed by atoms with van der Waals surface area (Å²) in [6.07, 6.45) is 0. The lowest BCUT2D eigenvalue weighted by atomic mass is 10.2. The lowest BCUT2D eigenvalue weighted by Gasteiger charge is -2.06. The zero-order valence-electron chi connectivity index (χ0n) is 9.04. The van der Waals surface area contributed by atoms with E-state index in [1.54, 1.807) is 23.5 Å². The van der Waals surface area contributed by atoms with E-state index in [0.717, 1.165) is 12.2 Å². The number of hydrogen-bond donors (Lipinski definition) is 1. The number of nitrogens with one attached hydrogen (secondary N) is 1. The molecule has 94 valence electrons. The van der Waals surface area contributed by atoms with Crippen LogP contribution in [-0.2, 0) is 6.54 Å². The molecule has 1 N–H and O–H groups in total. The molecule has 0 aliphatic carbocycles. The van der Waals surface area contributed by atoms with Gasteiger partial charge < -0.3 is 5.32 Å². The molecule has 0 spiro atoms. The Morgan fingerprint density at radius 3 is 2.83 bits per heavy atom. The van der Waals surface area contributed by atoms with Crippen LogP contribution in [0.3, 0.4) is 0 Å². The summed E-state index contributed by atoms with van der Waals surface area (Å²) >= 11 is 13.0. The zero-order valence-corrected chi connectivity index (χ0v) is 14.4. The van der Waals surface area contributed by atoms with Crippen molar-refractivity contribution in [1.29, 1.82) is 0 Å². The van der Waals surface area contributed by atoms with Gasteiger partial charge in [-0.25, -0.2) is 0 Å². The van der Waals surface area contributed by atoms with E-state index < -0.39 is 0 Å². The Morgan fingerprint density at radius 1 is 1.39 bits per heavy atom. The van der Waals surface area contributed by atoms with Crippen LogP contribution in [0, 0.1) is 3.57 Å².